The van der Waals surface area contributed by atoms with Crippen molar-refractivity contribution in [2.45, 2.75) is 31.9 Å². The zero-order chi connectivity index (χ0) is 12.4. The highest BCUT2D eigenvalue weighted by Gasteiger charge is 2.14. The Balaban J connectivity index is 0. The number of nitrogens with two attached hydrogens (primary N) is 1. The predicted octanol–water partition coefficient (Wildman–Crippen LogP) is 2.08. The van der Waals surface area contributed by atoms with E-state index in [0.717, 1.165) is 32.7 Å². The van der Waals surface area contributed by atoms with Gasteiger partial charge < -0.3 is 15.8 Å². The first-order chi connectivity index (χ1) is 7.52. The third-order valence-corrected chi connectivity index (χ3v) is 3.39. The first-order valence-electron chi connectivity index (χ1n) is 5.68. The third-order valence-electron chi connectivity index (χ3n) is 2.16. The molecule has 0 bridgehead atoms. The van der Waals surface area contributed by atoms with Crippen molar-refractivity contribution in [1.82, 2.24) is 5.32 Å². The van der Waals surface area contributed by atoms with Gasteiger partial charge in [-0.15, -0.1) is 24.0 Å². The van der Waals surface area contributed by atoms with Gasteiger partial charge in [0, 0.05) is 24.5 Å². The fourth-order valence-corrected chi connectivity index (χ4v) is 1.12. The number of ether oxygens (including phenoxy) is 1. The lowest BCUT2D eigenvalue weighted by atomic mass is 10.2. The Kier molecular flexibility index (Phi) is 13.2. The molecule has 3 N–H and O–H groups in total. The van der Waals surface area contributed by atoms with E-state index in [9.17, 15) is 0 Å². The highest BCUT2D eigenvalue weighted by molar-refractivity contribution is 14.0. The predicted molar refractivity (Wildman–Crippen MR) is 88.6 cm³/mol. The summed E-state index contributed by atoms with van der Waals surface area (Å²) < 4.78 is 5.37. The lowest BCUT2D eigenvalue weighted by Crippen LogP contribution is -2.34. The van der Waals surface area contributed by atoms with Gasteiger partial charge in [0.05, 0.1) is 6.54 Å². The molecule has 0 radical (unpaired) electrons. The molecule has 0 rings (SSSR count). The number of guanidine groups is 1. The third kappa shape index (κ3) is 12.6. The highest BCUT2D eigenvalue weighted by atomic mass is 127. The van der Waals surface area contributed by atoms with E-state index >= 15 is 0 Å². The maximum absolute atomic E-state index is 5.74. The van der Waals surface area contributed by atoms with Crippen LogP contribution in [0.5, 0.6) is 0 Å². The average molecular weight is 375 g/mol. The topological polar surface area (TPSA) is 59.6 Å². The SMILES string of the molecule is CCOCCCNC(N)=NCC(C)(C)SC.I. The van der Waals surface area contributed by atoms with Crippen molar-refractivity contribution in [3.63, 3.8) is 0 Å². The van der Waals surface area contributed by atoms with Crippen LogP contribution in [0.25, 0.3) is 0 Å². The van der Waals surface area contributed by atoms with Gasteiger partial charge in [-0.05, 0) is 33.4 Å². The normalized spacial score (nSPS) is 12.1. The molecule has 0 saturated carbocycles. The smallest absolute Gasteiger partial charge is 0.188 e. The first kappa shape index (κ1) is 19.6. The van der Waals surface area contributed by atoms with Crippen molar-refractivity contribution in [2.75, 3.05) is 32.6 Å². The highest BCUT2D eigenvalue weighted by Crippen LogP contribution is 2.20. The molecule has 17 heavy (non-hydrogen) atoms. The van der Waals surface area contributed by atoms with E-state index in [1.807, 2.05) is 6.92 Å². The van der Waals surface area contributed by atoms with Crippen LogP contribution in [-0.4, -0.2) is 43.3 Å². The van der Waals surface area contributed by atoms with Gasteiger partial charge in [-0.1, -0.05) is 0 Å². The lowest BCUT2D eigenvalue weighted by molar-refractivity contribution is 0.145. The molecular formula is C11H26IN3OS. The Bertz CT molecular complexity index is 213. The second kappa shape index (κ2) is 11.4. The number of nitrogens with zero attached hydrogens (tertiary/aromatic N) is 1. The molecule has 0 atom stereocenters. The lowest BCUT2D eigenvalue weighted by Gasteiger charge is -2.19. The van der Waals surface area contributed by atoms with Crippen LogP contribution in [0.1, 0.15) is 27.2 Å². The number of nitrogens with one attached hydrogen (secondary N) is 1. The molecule has 0 aliphatic heterocycles. The van der Waals surface area contributed by atoms with Crippen LogP contribution in [0.2, 0.25) is 0 Å². The van der Waals surface area contributed by atoms with Crippen LogP contribution in [-0.2, 0) is 4.74 Å². The Morgan fingerprint density at radius 1 is 1.47 bits per heavy atom. The largest absolute Gasteiger partial charge is 0.382 e. The van der Waals surface area contributed by atoms with Crippen LogP contribution >= 0.6 is 35.7 Å². The summed E-state index contributed by atoms with van der Waals surface area (Å²) in [5.74, 6) is 0.527. The second-order valence-corrected chi connectivity index (χ2v) is 5.66. The van der Waals surface area contributed by atoms with Gasteiger partial charge in [0.25, 0.3) is 0 Å². The van der Waals surface area contributed by atoms with Gasteiger partial charge in [0.2, 0.25) is 0 Å². The summed E-state index contributed by atoms with van der Waals surface area (Å²) in [5, 5.41) is 3.08. The van der Waals surface area contributed by atoms with E-state index in [4.69, 9.17) is 10.5 Å². The molecule has 0 aliphatic rings. The molecule has 0 unspecified atom stereocenters. The van der Waals surface area contributed by atoms with Gasteiger partial charge in [-0.2, -0.15) is 11.8 Å². The molecule has 0 fully saturated rings. The molecule has 0 heterocycles. The summed E-state index contributed by atoms with van der Waals surface area (Å²) in [5.41, 5.74) is 5.74. The Labute approximate surface area is 127 Å². The minimum atomic E-state index is 0. The van der Waals surface area contributed by atoms with Crippen LogP contribution < -0.4 is 11.1 Å². The van der Waals surface area contributed by atoms with Crippen molar-refractivity contribution in [3.8, 4) is 0 Å². The van der Waals surface area contributed by atoms with Gasteiger partial charge >= 0.3 is 0 Å². The number of hydrogen-bond acceptors (Lipinski definition) is 3. The maximum Gasteiger partial charge on any atom is 0.188 e. The first-order valence-corrected chi connectivity index (χ1v) is 6.91. The summed E-state index contributed by atoms with van der Waals surface area (Å²) in [6.07, 6.45) is 3.04. The molecule has 0 saturated heterocycles. The molecule has 0 amide bonds. The molecule has 4 nitrogen and oxygen atoms in total. The van der Waals surface area contributed by atoms with E-state index in [0.29, 0.717) is 5.96 Å². The van der Waals surface area contributed by atoms with Gasteiger partial charge in [0.15, 0.2) is 5.96 Å². The van der Waals surface area contributed by atoms with Gasteiger partial charge in [0.1, 0.15) is 0 Å². The minimum Gasteiger partial charge on any atom is -0.382 e. The number of halogens is 1. The summed E-state index contributed by atoms with van der Waals surface area (Å²) in [4.78, 5) is 4.31. The number of thioether (sulfide) groups is 1. The monoisotopic (exact) mass is 375 g/mol. The summed E-state index contributed by atoms with van der Waals surface area (Å²) in [7, 11) is 0. The molecule has 6 heteroatoms. The van der Waals surface area contributed by atoms with Crippen molar-refractivity contribution in [2.24, 2.45) is 10.7 Å². The summed E-state index contributed by atoms with van der Waals surface area (Å²) in [6, 6.07) is 0. The Hall–Kier alpha value is 0.310. The quantitative estimate of drug-likeness (QED) is 0.295. The molecular weight excluding hydrogens is 349 g/mol. The van der Waals surface area contributed by atoms with Crippen molar-refractivity contribution in [1.29, 1.82) is 0 Å². The van der Waals surface area contributed by atoms with Gasteiger partial charge in [-0.25, -0.2) is 0 Å². The minimum absolute atomic E-state index is 0. The molecule has 0 aromatic rings. The zero-order valence-corrected chi connectivity index (χ0v) is 14.4. The number of rotatable bonds is 8. The average Bonchev–Trinajstić information content (AvgIpc) is 2.26. The standard InChI is InChI=1S/C11H25N3OS.HI/c1-5-15-8-6-7-13-10(12)14-9-11(2,3)16-4;/h5-9H2,1-4H3,(H3,12,13,14);1H. The van der Waals surface area contributed by atoms with Crippen LogP contribution in [0.3, 0.4) is 0 Å². The summed E-state index contributed by atoms with van der Waals surface area (Å²) in [6.45, 7) is 9.40. The van der Waals surface area contributed by atoms with E-state index in [2.05, 4.69) is 30.4 Å². The molecule has 0 aliphatic carbocycles. The number of hydrogen-bond donors (Lipinski definition) is 2. The van der Waals surface area contributed by atoms with E-state index in [1.54, 1.807) is 11.8 Å². The van der Waals surface area contributed by atoms with E-state index in [1.165, 1.54) is 0 Å². The molecule has 0 aromatic heterocycles. The maximum atomic E-state index is 5.74. The van der Waals surface area contributed by atoms with Crippen molar-refractivity contribution < 1.29 is 4.74 Å². The van der Waals surface area contributed by atoms with Crippen LogP contribution in [0.4, 0.5) is 0 Å². The Morgan fingerprint density at radius 3 is 2.65 bits per heavy atom. The van der Waals surface area contributed by atoms with Crippen molar-refractivity contribution in [3.05, 3.63) is 0 Å². The molecule has 104 valence electrons. The molecule has 0 spiro atoms. The summed E-state index contributed by atoms with van der Waals surface area (Å²) >= 11 is 1.79. The van der Waals surface area contributed by atoms with E-state index in [-0.39, 0.29) is 28.7 Å². The second-order valence-electron chi connectivity index (χ2n) is 4.14. The Morgan fingerprint density at radius 2 is 2.12 bits per heavy atom. The van der Waals surface area contributed by atoms with Crippen LogP contribution in [0, 0.1) is 0 Å². The number of aliphatic imine (C=N–C) groups is 1. The van der Waals surface area contributed by atoms with E-state index < -0.39 is 0 Å². The van der Waals surface area contributed by atoms with Crippen molar-refractivity contribution >= 4 is 41.7 Å². The van der Waals surface area contributed by atoms with Crippen LogP contribution in [0.15, 0.2) is 4.99 Å². The zero-order valence-electron chi connectivity index (χ0n) is 11.3. The fraction of sp³-hybridized carbons (Fsp3) is 0.909. The fourth-order valence-electron chi connectivity index (χ4n) is 0.931. The van der Waals surface area contributed by atoms with Gasteiger partial charge in [-0.3, -0.25) is 4.99 Å². The molecule has 0 aromatic carbocycles.